The van der Waals surface area contributed by atoms with E-state index >= 15 is 0 Å². The van der Waals surface area contributed by atoms with Crippen molar-refractivity contribution in [3.8, 4) is 11.3 Å². The largest absolute Gasteiger partial charge is 0.417 e. The Hall–Kier alpha value is -3.75. The van der Waals surface area contributed by atoms with Crippen molar-refractivity contribution in [2.24, 2.45) is 4.99 Å². The lowest BCUT2D eigenvalue weighted by molar-refractivity contribution is -0.137. The summed E-state index contributed by atoms with van der Waals surface area (Å²) in [6.07, 6.45) is 1.44. The summed E-state index contributed by atoms with van der Waals surface area (Å²) in [4.78, 5) is 20.5. The number of anilines is 1. The molecule has 0 atom stereocenters. The van der Waals surface area contributed by atoms with E-state index in [2.05, 4.69) is 27.1 Å². The predicted molar refractivity (Wildman–Crippen MR) is 109 cm³/mol. The SMILES string of the molecule is C=NC=CC(=CC)C(=O)Nc1c(C)nn2ccc(-c3ccccc3C(F)(F)F)nc12. The Morgan fingerprint density at radius 3 is 2.67 bits per heavy atom. The molecular formula is C21H18F3N5O. The number of fused-ring (bicyclic) bond motifs is 1. The monoisotopic (exact) mass is 413 g/mol. The van der Waals surface area contributed by atoms with Crippen molar-refractivity contribution in [1.82, 2.24) is 14.6 Å². The molecule has 0 bridgehead atoms. The quantitative estimate of drug-likeness (QED) is 0.370. The van der Waals surface area contributed by atoms with Gasteiger partial charge in [-0.15, -0.1) is 0 Å². The van der Waals surface area contributed by atoms with Crippen LogP contribution in [0.4, 0.5) is 18.9 Å². The van der Waals surface area contributed by atoms with E-state index in [4.69, 9.17) is 0 Å². The van der Waals surface area contributed by atoms with Crippen molar-refractivity contribution in [3.63, 3.8) is 0 Å². The molecule has 1 aromatic carbocycles. The number of amides is 1. The topological polar surface area (TPSA) is 71.7 Å². The highest BCUT2D eigenvalue weighted by Crippen LogP contribution is 2.36. The van der Waals surface area contributed by atoms with Gasteiger partial charge in [-0.2, -0.15) is 18.3 Å². The highest BCUT2D eigenvalue weighted by molar-refractivity contribution is 6.07. The number of nitrogens with zero attached hydrogens (tertiary/aromatic N) is 4. The van der Waals surface area contributed by atoms with Crippen LogP contribution >= 0.6 is 0 Å². The Morgan fingerprint density at radius 1 is 1.27 bits per heavy atom. The predicted octanol–water partition coefficient (Wildman–Crippen LogP) is 4.82. The van der Waals surface area contributed by atoms with Crippen LogP contribution in [-0.2, 0) is 11.0 Å². The molecule has 0 radical (unpaired) electrons. The Labute approximate surface area is 170 Å². The first kappa shape index (κ1) is 21.0. The van der Waals surface area contributed by atoms with Gasteiger partial charge in [0.05, 0.1) is 17.0 Å². The van der Waals surface area contributed by atoms with Crippen LogP contribution in [0.5, 0.6) is 0 Å². The van der Waals surface area contributed by atoms with Crippen LogP contribution < -0.4 is 5.32 Å². The molecule has 30 heavy (non-hydrogen) atoms. The molecule has 0 saturated heterocycles. The first-order valence-electron chi connectivity index (χ1n) is 8.89. The van der Waals surface area contributed by atoms with Crippen LogP contribution in [0.1, 0.15) is 18.2 Å². The molecule has 154 valence electrons. The van der Waals surface area contributed by atoms with E-state index in [1.54, 1.807) is 19.9 Å². The van der Waals surface area contributed by atoms with Crippen molar-refractivity contribution in [2.45, 2.75) is 20.0 Å². The fourth-order valence-corrected chi connectivity index (χ4v) is 2.91. The molecular weight excluding hydrogens is 395 g/mol. The summed E-state index contributed by atoms with van der Waals surface area (Å²) in [6.45, 7) is 6.68. The second-order valence-corrected chi connectivity index (χ2v) is 6.28. The summed E-state index contributed by atoms with van der Waals surface area (Å²) in [5.41, 5.74) is 0.618. The average Bonchev–Trinajstić information content (AvgIpc) is 3.02. The Bertz CT molecular complexity index is 1180. The summed E-state index contributed by atoms with van der Waals surface area (Å²) >= 11 is 0. The lowest BCUT2D eigenvalue weighted by Crippen LogP contribution is -2.14. The maximum Gasteiger partial charge on any atom is 0.417 e. The van der Waals surface area contributed by atoms with E-state index in [0.29, 0.717) is 17.0 Å². The minimum absolute atomic E-state index is 0.0576. The maximum absolute atomic E-state index is 13.4. The summed E-state index contributed by atoms with van der Waals surface area (Å²) in [5, 5.41) is 7.00. The molecule has 0 unspecified atom stereocenters. The van der Waals surface area contributed by atoms with Gasteiger partial charge in [-0.05, 0) is 38.8 Å². The van der Waals surface area contributed by atoms with Crippen LogP contribution in [0.3, 0.4) is 0 Å². The lowest BCUT2D eigenvalue weighted by atomic mass is 10.0. The van der Waals surface area contributed by atoms with Gasteiger partial charge in [0.15, 0.2) is 5.65 Å². The van der Waals surface area contributed by atoms with Crippen LogP contribution in [0.2, 0.25) is 0 Å². The van der Waals surface area contributed by atoms with Gasteiger partial charge in [0.2, 0.25) is 0 Å². The standard InChI is InChI=1S/C21H18F3N5O/c1-4-14(9-11-25-3)20(30)27-18-13(2)28-29-12-10-17(26-19(18)29)15-7-5-6-8-16(15)21(22,23)24/h4-12H,3H2,1-2H3,(H,27,30). The highest BCUT2D eigenvalue weighted by Gasteiger charge is 2.33. The van der Waals surface area contributed by atoms with Gasteiger partial charge >= 0.3 is 6.18 Å². The van der Waals surface area contributed by atoms with Crippen molar-refractivity contribution in [3.05, 3.63) is 71.7 Å². The van der Waals surface area contributed by atoms with E-state index in [1.165, 1.54) is 47.3 Å². The van der Waals surface area contributed by atoms with Crippen molar-refractivity contribution in [1.29, 1.82) is 0 Å². The number of aryl methyl sites for hydroxylation is 1. The fraction of sp³-hybridized carbons (Fsp3) is 0.143. The molecule has 3 aromatic rings. The molecule has 0 spiro atoms. The minimum Gasteiger partial charge on any atom is -0.317 e. The van der Waals surface area contributed by atoms with Gasteiger partial charge < -0.3 is 5.32 Å². The van der Waals surface area contributed by atoms with Gasteiger partial charge in [-0.25, -0.2) is 9.50 Å². The number of benzene rings is 1. The van der Waals surface area contributed by atoms with Crippen LogP contribution in [0.25, 0.3) is 16.9 Å². The Kier molecular flexibility index (Phi) is 5.81. The zero-order valence-electron chi connectivity index (χ0n) is 16.2. The Balaban J connectivity index is 2.08. The maximum atomic E-state index is 13.4. The molecule has 0 aliphatic rings. The van der Waals surface area contributed by atoms with E-state index in [9.17, 15) is 18.0 Å². The number of alkyl halides is 3. The number of aliphatic imine (C=N–C) groups is 1. The number of halogens is 3. The second-order valence-electron chi connectivity index (χ2n) is 6.28. The smallest absolute Gasteiger partial charge is 0.317 e. The zero-order chi connectivity index (χ0) is 21.9. The van der Waals surface area contributed by atoms with Crippen LogP contribution in [0.15, 0.2) is 65.4 Å². The third kappa shape index (κ3) is 4.14. The van der Waals surface area contributed by atoms with Gasteiger partial charge in [0, 0.05) is 23.5 Å². The third-order valence-corrected chi connectivity index (χ3v) is 4.34. The lowest BCUT2D eigenvalue weighted by Gasteiger charge is -2.12. The summed E-state index contributed by atoms with van der Waals surface area (Å²) in [6, 6.07) is 6.65. The third-order valence-electron chi connectivity index (χ3n) is 4.34. The number of hydrogen-bond acceptors (Lipinski definition) is 4. The van der Waals surface area contributed by atoms with E-state index in [1.807, 2.05) is 0 Å². The van der Waals surface area contributed by atoms with E-state index in [0.717, 1.165) is 6.07 Å². The van der Waals surface area contributed by atoms with Crippen molar-refractivity contribution >= 4 is 24.0 Å². The molecule has 2 heterocycles. The summed E-state index contributed by atoms with van der Waals surface area (Å²) in [5.74, 6) is -0.432. The molecule has 0 aliphatic heterocycles. The number of carbonyl (C=O) groups excluding carboxylic acids is 1. The average molecular weight is 413 g/mol. The number of hydrogen-bond donors (Lipinski definition) is 1. The summed E-state index contributed by atoms with van der Waals surface area (Å²) < 4.78 is 41.6. The normalized spacial score (nSPS) is 12.5. The van der Waals surface area contributed by atoms with Gasteiger partial charge in [0.25, 0.3) is 5.91 Å². The molecule has 2 aromatic heterocycles. The number of carbonyl (C=O) groups is 1. The van der Waals surface area contributed by atoms with Crippen molar-refractivity contribution in [2.75, 3.05) is 5.32 Å². The first-order valence-corrected chi connectivity index (χ1v) is 8.89. The molecule has 0 fully saturated rings. The molecule has 9 heteroatoms. The molecule has 6 nitrogen and oxygen atoms in total. The second kappa shape index (κ2) is 8.32. The molecule has 3 rings (SSSR count). The first-order chi connectivity index (χ1) is 14.3. The van der Waals surface area contributed by atoms with Gasteiger partial charge in [-0.3, -0.25) is 9.79 Å². The summed E-state index contributed by atoms with van der Waals surface area (Å²) in [7, 11) is 0. The van der Waals surface area contributed by atoms with Gasteiger partial charge in [0.1, 0.15) is 5.69 Å². The minimum atomic E-state index is -4.52. The number of aromatic nitrogens is 3. The van der Waals surface area contributed by atoms with E-state index < -0.39 is 17.6 Å². The van der Waals surface area contributed by atoms with Crippen molar-refractivity contribution < 1.29 is 18.0 Å². The number of rotatable bonds is 5. The Morgan fingerprint density at radius 2 is 2.00 bits per heavy atom. The number of nitrogens with one attached hydrogen (secondary N) is 1. The van der Waals surface area contributed by atoms with E-state index in [-0.39, 0.29) is 16.9 Å². The van der Waals surface area contributed by atoms with Crippen LogP contribution in [-0.4, -0.2) is 27.2 Å². The fourth-order valence-electron chi connectivity index (χ4n) is 2.91. The number of allylic oxidation sites excluding steroid dienone is 1. The zero-order valence-corrected chi connectivity index (χ0v) is 16.2. The van der Waals surface area contributed by atoms with Gasteiger partial charge in [-0.1, -0.05) is 24.3 Å². The molecule has 0 saturated carbocycles. The van der Waals surface area contributed by atoms with Crippen LogP contribution in [0, 0.1) is 6.92 Å². The molecule has 1 N–H and O–H groups in total. The molecule has 1 amide bonds. The highest BCUT2D eigenvalue weighted by atomic mass is 19.4. The molecule has 0 aliphatic carbocycles.